The first-order valence-electron chi connectivity index (χ1n) is 10.3. The molecule has 3 atom stereocenters. The van der Waals surface area contributed by atoms with Crippen LogP contribution >= 0.6 is 0 Å². The second kappa shape index (κ2) is 7.92. The van der Waals surface area contributed by atoms with Crippen LogP contribution in [0.2, 0.25) is 0 Å². The minimum Gasteiger partial charge on any atom is -0.427 e. The van der Waals surface area contributed by atoms with Crippen LogP contribution in [-0.4, -0.2) is 29.9 Å². The maximum Gasteiger partial charge on any atom is 0.349 e. The summed E-state index contributed by atoms with van der Waals surface area (Å²) in [7, 11) is 0. The molecule has 1 unspecified atom stereocenters. The van der Waals surface area contributed by atoms with Crippen LogP contribution in [0.3, 0.4) is 0 Å². The van der Waals surface area contributed by atoms with E-state index in [1.165, 1.54) is 5.56 Å². The summed E-state index contributed by atoms with van der Waals surface area (Å²) in [4.78, 5) is 27.4. The maximum atomic E-state index is 13.0. The highest BCUT2D eigenvalue weighted by atomic mass is 16.4. The Morgan fingerprint density at radius 2 is 1.82 bits per heavy atom. The van der Waals surface area contributed by atoms with E-state index >= 15 is 0 Å². The van der Waals surface area contributed by atoms with Gasteiger partial charge in [0.05, 0.1) is 0 Å². The van der Waals surface area contributed by atoms with Gasteiger partial charge in [0.1, 0.15) is 11.3 Å². The van der Waals surface area contributed by atoms with Crippen molar-refractivity contribution in [3.63, 3.8) is 0 Å². The average molecular weight is 380 g/mol. The predicted molar refractivity (Wildman–Crippen MR) is 108 cm³/mol. The number of aryl methyl sites for hydroxylation is 3. The summed E-state index contributed by atoms with van der Waals surface area (Å²) < 4.78 is 5.50. The Kier molecular flexibility index (Phi) is 5.36. The smallest absolute Gasteiger partial charge is 0.349 e. The van der Waals surface area contributed by atoms with E-state index in [1.54, 1.807) is 4.90 Å². The minimum absolute atomic E-state index is 0.182. The van der Waals surface area contributed by atoms with Crippen LogP contribution in [0.4, 0.5) is 0 Å². The van der Waals surface area contributed by atoms with E-state index in [-0.39, 0.29) is 17.5 Å². The molecule has 2 aliphatic rings. The number of benzene rings is 1. The van der Waals surface area contributed by atoms with E-state index in [9.17, 15) is 9.59 Å². The predicted octanol–water partition coefficient (Wildman–Crippen LogP) is 2.93. The lowest BCUT2D eigenvalue weighted by atomic mass is 9.92. The molecule has 0 radical (unpaired) electrons. The van der Waals surface area contributed by atoms with Crippen LogP contribution in [0.25, 0.3) is 0 Å². The number of nitrogens with two attached hydrogens (primary N) is 1. The molecule has 1 saturated heterocycles. The maximum absolute atomic E-state index is 13.0. The van der Waals surface area contributed by atoms with E-state index in [0.29, 0.717) is 42.7 Å². The monoisotopic (exact) mass is 380 g/mol. The van der Waals surface area contributed by atoms with E-state index in [1.807, 2.05) is 31.2 Å². The summed E-state index contributed by atoms with van der Waals surface area (Å²) in [6, 6.07) is 12.3. The first-order valence-corrected chi connectivity index (χ1v) is 10.3. The number of piperidine rings is 1. The molecular formula is C23H28N2O3. The summed E-state index contributed by atoms with van der Waals surface area (Å²) in [6.45, 7) is 3.12. The molecule has 2 fully saturated rings. The Bertz CT molecular complexity index is 892. The third kappa shape index (κ3) is 3.76. The fourth-order valence-corrected chi connectivity index (χ4v) is 4.75. The summed E-state index contributed by atoms with van der Waals surface area (Å²) in [5, 5.41) is 0. The van der Waals surface area contributed by atoms with Gasteiger partial charge in [-0.1, -0.05) is 30.3 Å². The van der Waals surface area contributed by atoms with E-state index in [0.717, 1.165) is 25.7 Å². The van der Waals surface area contributed by atoms with Gasteiger partial charge in [0, 0.05) is 25.6 Å². The molecule has 5 nitrogen and oxygen atoms in total. The Hall–Kier alpha value is -2.40. The van der Waals surface area contributed by atoms with Crippen LogP contribution in [0.5, 0.6) is 0 Å². The lowest BCUT2D eigenvalue weighted by Crippen LogP contribution is -2.51. The molecule has 1 saturated carbocycles. The molecule has 1 amide bonds. The van der Waals surface area contributed by atoms with E-state index in [4.69, 9.17) is 10.2 Å². The molecule has 5 heteroatoms. The van der Waals surface area contributed by atoms with Gasteiger partial charge >= 0.3 is 5.63 Å². The van der Waals surface area contributed by atoms with Gasteiger partial charge in [-0.05, 0) is 61.6 Å². The zero-order valence-corrected chi connectivity index (χ0v) is 16.4. The number of amides is 1. The van der Waals surface area contributed by atoms with Crippen LogP contribution in [-0.2, 0) is 12.8 Å². The van der Waals surface area contributed by atoms with Crippen LogP contribution in [0.1, 0.15) is 46.5 Å². The summed E-state index contributed by atoms with van der Waals surface area (Å²) in [6.07, 6.45) is 4.66. The molecule has 0 spiro atoms. The third-order valence-corrected chi connectivity index (χ3v) is 6.34. The average Bonchev–Trinajstić information content (AvgIpc) is 2.89. The van der Waals surface area contributed by atoms with Crippen molar-refractivity contribution in [2.45, 2.75) is 45.1 Å². The van der Waals surface area contributed by atoms with Crippen molar-refractivity contribution in [3.05, 3.63) is 69.3 Å². The number of carbonyl (C=O) groups excluding carboxylic acids is 1. The van der Waals surface area contributed by atoms with Gasteiger partial charge in [0.25, 0.3) is 5.91 Å². The van der Waals surface area contributed by atoms with Crippen molar-refractivity contribution >= 4 is 5.91 Å². The molecule has 2 bridgehead atoms. The van der Waals surface area contributed by atoms with Crippen molar-refractivity contribution in [2.24, 2.45) is 17.6 Å². The van der Waals surface area contributed by atoms with Gasteiger partial charge in [-0.3, -0.25) is 4.79 Å². The first-order chi connectivity index (χ1) is 13.5. The third-order valence-electron chi connectivity index (χ3n) is 6.34. The Morgan fingerprint density at radius 1 is 1.14 bits per heavy atom. The Balaban J connectivity index is 1.44. The standard InChI is InChI=1S/C23H28N2O3/c1-15-12-19(9-5-8-16-6-3-2-4-7-16)28-23(27)20(15)22(26)25-13-17-10-11-18(14-25)21(17)24/h2-4,6-7,12,17-18,21H,5,8-11,13-14,24H2,1H3/t17-,18+,21?. The largest absolute Gasteiger partial charge is 0.427 e. The minimum atomic E-state index is -0.512. The number of fused-ring (bicyclic) bond motifs is 2. The molecule has 1 aromatic heterocycles. The van der Waals surface area contributed by atoms with Crippen LogP contribution in [0.15, 0.2) is 45.6 Å². The fraction of sp³-hybridized carbons (Fsp3) is 0.478. The number of rotatable bonds is 5. The second-order valence-electron chi connectivity index (χ2n) is 8.28. The molecule has 2 heterocycles. The van der Waals surface area contributed by atoms with Crippen molar-refractivity contribution in [2.75, 3.05) is 13.1 Å². The number of nitrogens with zero attached hydrogens (tertiary/aromatic N) is 1. The Morgan fingerprint density at radius 3 is 2.46 bits per heavy atom. The molecule has 1 aromatic carbocycles. The highest BCUT2D eigenvalue weighted by molar-refractivity contribution is 5.95. The first kappa shape index (κ1) is 18.9. The number of hydrogen-bond acceptors (Lipinski definition) is 4. The summed E-state index contributed by atoms with van der Waals surface area (Å²) in [5.41, 5.74) is 7.88. The molecule has 1 aliphatic heterocycles. The highest BCUT2D eigenvalue weighted by Gasteiger charge is 2.42. The number of likely N-dealkylation sites (tertiary alicyclic amines) is 1. The summed E-state index contributed by atoms with van der Waals surface area (Å²) in [5.74, 6) is 1.15. The topological polar surface area (TPSA) is 76.5 Å². The second-order valence-corrected chi connectivity index (χ2v) is 8.28. The van der Waals surface area contributed by atoms with Crippen LogP contribution in [0, 0.1) is 18.8 Å². The quantitative estimate of drug-likeness (QED) is 0.865. The number of hydrogen-bond donors (Lipinski definition) is 1. The van der Waals surface area contributed by atoms with Crippen LogP contribution < -0.4 is 11.4 Å². The lowest BCUT2D eigenvalue weighted by molar-refractivity contribution is 0.0631. The molecule has 1 aliphatic carbocycles. The van der Waals surface area contributed by atoms with Gasteiger partial charge in [-0.2, -0.15) is 0 Å². The molecule has 28 heavy (non-hydrogen) atoms. The summed E-state index contributed by atoms with van der Waals surface area (Å²) >= 11 is 0. The van der Waals surface area contributed by atoms with Crippen molar-refractivity contribution < 1.29 is 9.21 Å². The van der Waals surface area contributed by atoms with Gasteiger partial charge in [-0.25, -0.2) is 4.79 Å². The number of carbonyl (C=O) groups is 1. The molecule has 2 N–H and O–H groups in total. The van der Waals surface area contributed by atoms with E-state index in [2.05, 4.69) is 12.1 Å². The zero-order chi connectivity index (χ0) is 19.7. The fourth-order valence-electron chi connectivity index (χ4n) is 4.75. The SMILES string of the molecule is Cc1cc(CCCc2ccccc2)oc(=O)c1C(=O)N1C[C@H]2CC[C@@H](C1)C2N. The van der Waals surface area contributed by atoms with Gasteiger partial charge in [-0.15, -0.1) is 0 Å². The van der Waals surface area contributed by atoms with Gasteiger partial charge < -0.3 is 15.1 Å². The van der Waals surface area contributed by atoms with E-state index < -0.39 is 5.63 Å². The zero-order valence-electron chi connectivity index (χ0n) is 16.4. The van der Waals surface area contributed by atoms with Gasteiger partial charge in [0.15, 0.2) is 0 Å². The molecule has 2 aromatic rings. The Labute approximate surface area is 165 Å². The highest BCUT2D eigenvalue weighted by Crippen LogP contribution is 2.36. The van der Waals surface area contributed by atoms with Crippen molar-refractivity contribution in [1.82, 2.24) is 4.90 Å². The van der Waals surface area contributed by atoms with Crippen molar-refractivity contribution in [3.8, 4) is 0 Å². The van der Waals surface area contributed by atoms with Crippen molar-refractivity contribution in [1.29, 1.82) is 0 Å². The normalized spacial score (nSPS) is 23.8. The van der Waals surface area contributed by atoms with Gasteiger partial charge in [0.2, 0.25) is 0 Å². The lowest BCUT2D eigenvalue weighted by Gasteiger charge is -2.36. The molecule has 148 valence electrons. The molecule has 4 rings (SSSR count). The molecular weight excluding hydrogens is 352 g/mol.